The van der Waals surface area contributed by atoms with E-state index in [0.29, 0.717) is 5.92 Å². The maximum atomic E-state index is 6.81. The minimum absolute atomic E-state index is 0.609. The molecule has 0 spiro atoms. The standard InChI is InChI=1S/C26H26NOS/c1-14-11-18-13-15(2)16(3)21-22(18)20(12-14)28-25-23(17-7-5-6-8-17)26-19(9-10-29-26)27(4)24(21)25/h9-13,17H,5-8H2,1-4H3/q+1. The lowest BCUT2D eigenvalue weighted by molar-refractivity contribution is -0.633. The third-order valence-electron chi connectivity index (χ3n) is 7.12. The smallest absolute Gasteiger partial charge is 0.257 e. The van der Waals surface area contributed by atoms with Gasteiger partial charge in [-0.2, -0.15) is 4.57 Å². The van der Waals surface area contributed by atoms with Crippen LogP contribution in [0.3, 0.4) is 0 Å². The minimum Gasteiger partial charge on any atom is -0.449 e. The molecular formula is C26H26NOS+. The second-order valence-electron chi connectivity index (χ2n) is 8.92. The molecule has 0 N–H and O–H groups in total. The molecule has 0 saturated heterocycles. The van der Waals surface area contributed by atoms with E-state index in [1.807, 2.05) is 11.3 Å². The first kappa shape index (κ1) is 17.5. The van der Waals surface area contributed by atoms with Crippen LogP contribution in [0.25, 0.3) is 32.2 Å². The summed E-state index contributed by atoms with van der Waals surface area (Å²) in [7, 11) is 2.21. The van der Waals surface area contributed by atoms with Crippen LogP contribution in [0.5, 0.6) is 11.5 Å². The van der Waals surface area contributed by atoms with E-state index in [0.717, 1.165) is 11.5 Å². The number of hydrogen-bond donors (Lipinski definition) is 0. The molecule has 1 fully saturated rings. The third kappa shape index (κ3) is 2.31. The molecule has 4 aromatic rings. The number of rotatable bonds is 1. The van der Waals surface area contributed by atoms with Crippen molar-refractivity contribution in [1.29, 1.82) is 0 Å². The SMILES string of the molecule is Cc1cc2c3c(c(C)c(C)cc3c1)-c1c(c(C3CCCC3)c3sccc3[n+]1C)O2. The van der Waals surface area contributed by atoms with E-state index in [4.69, 9.17) is 4.74 Å². The quantitative estimate of drug-likeness (QED) is 0.270. The summed E-state index contributed by atoms with van der Waals surface area (Å²) in [5.41, 5.74) is 9.41. The lowest BCUT2D eigenvalue weighted by Crippen LogP contribution is -2.34. The molecule has 0 radical (unpaired) electrons. The van der Waals surface area contributed by atoms with Gasteiger partial charge in [-0.15, -0.1) is 11.3 Å². The van der Waals surface area contributed by atoms with Crippen LogP contribution >= 0.6 is 11.3 Å². The summed E-state index contributed by atoms with van der Waals surface area (Å²) >= 11 is 1.87. The molecule has 2 nitrogen and oxygen atoms in total. The number of benzene rings is 2. The summed E-state index contributed by atoms with van der Waals surface area (Å²) in [4.78, 5) is 0. The number of ether oxygens (including phenoxy) is 1. The average molecular weight is 401 g/mol. The van der Waals surface area contributed by atoms with E-state index in [-0.39, 0.29) is 0 Å². The van der Waals surface area contributed by atoms with E-state index in [9.17, 15) is 0 Å². The van der Waals surface area contributed by atoms with E-state index < -0.39 is 0 Å². The normalized spacial score (nSPS) is 15.9. The molecule has 0 bridgehead atoms. The summed E-state index contributed by atoms with van der Waals surface area (Å²) in [5, 5.41) is 4.80. The molecule has 1 saturated carbocycles. The Hall–Kier alpha value is -2.39. The van der Waals surface area contributed by atoms with Gasteiger partial charge in [-0.05, 0) is 73.1 Å². The van der Waals surface area contributed by atoms with Crippen LogP contribution in [0.2, 0.25) is 0 Å². The maximum Gasteiger partial charge on any atom is 0.257 e. The van der Waals surface area contributed by atoms with Gasteiger partial charge in [0.05, 0.1) is 5.56 Å². The molecule has 3 heteroatoms. The number of aromatic nitrogens is 1. The van der Waals surface area contributed by atoms with Crippen molar-refractivity contribution in [2.24, 2.45) is 7.05 Å². The number of thiophene rings is 1. The fourth-order valence-corrected chi connectivity index (χ4v) is 6.66. The van der Waals surface area contributed by atoms with Crippen molar-refractivity contribution in [3.05, 3.63) is 51.9 Å². The Bertz CT molecular complexity index is 1320. The summed E-state index contributed by atoms with van der Waals surface area (Å²) < 4.78 is 10.6. The van der Waals surface area contributed by atoms with Gasteiger partial charge in [-0.3, -0.25) is 0 Å². The van der Waals surface area contributed by atoms with Crippen molar-refractivity contribution in [2.45, 2.75) is 52.4 Å². The molecule has 2 aliphatic rings. The largest absolute Gasteiger partial charge is 0.449 e. The Labute approximate surface area is 175 Å². The molecule has 1 aliphatic carbocycles. The van der Waals surface area contributed by atoms with Gasteiger partial charge >= 0.3 is 0 Å². The summed E-state index contributed by atoms with van der Waals surface area (Å²) in [6.45, 7) is 6.68. The highest BCUT2D eigenvalue weighted by molar-refractivity contribution is 7.17. The number of nitrogens with zero attached hydrogens (tertiary/aromatic N) is 1. The Morgan fingerprint density at radius 3 is 2.66 bits per heavy atom. The zero-order valence-electron chi connectivity index (χ0n) is 17.6. The predicted octanol–water partition coefficient (Wildman–Crippen LogP) is 7.23. The zero-order valence-corrected chi connectivity index (χ0v) is 18.4. The highest BCUT2D eigenvalue weighted by Gasteiger charge is 2.37. The first-order valence-corrected chi connectivity index (χ1v) is 11.6. The van der Waals surface area contributed by atoms with Gasteiger partial charge in [0, 0.05) is 17.0 Å². The fourth-order valence-electron chi connectivity index (χ4n) is 5.62. The van der Waals surface area contributed by atoms with Crippen LogP contribution in [0.4, 0.5) is 0 Å². The summed E-state index contributed by atoms with van der Waals surface area (Å²) in [6, 6.07) is 9.12. The van der Waals surface area contributed by atoms with Gasteiger partial charge in [0.2, 0.25) is 11.3 Å². The highest BCUT2D eigenvalue weighted by Crippen LogP contribution is 2.53. The van der Waals surface area contributed by atoms with Gasteiger partial charge < -0.3 is 4.74 Å². The number of hydrogen-bond acceptors (Lipinski definition) is 2. The van der Waals surface area contributed by atoms with Crippen molar-refractivity contribution in [1.82, 2.24) is 0 Å². The number of pyridine rings is 1. The number of fused-ring (bicyclic) bond motifs is 3. The molecule has 0 atom stereocenters. The monoisotopic (exact) mass is 400 g/mol. The van der Waals surface area contributed by atoms with Crippen LogP contribution in [0, 0.1) is 20.8 Å². The lowest BCUT2D eigenvalue weighted by atomic mass is 9.87. The average Bonchev–Trinajstić information content (AvgIpc) is 3.37. The first-order chi connectivity index (χ1) is 14.0. The van der Waals surface area contributed by atoms with Crippen LogP contribution < -0.4 is 9.30 Å². The Balaban J connectivity index is 1.82. The molecule has 0 unspecified atom stereocenters. The first-order valence-electron chi connectivity index (χ1n) is 10.7. The van der Waals surface area contributed by atoms with E-state index in [1.165, 1.54) is 80.2 Å². The van der Waals surface area contributed by atoms with Crippen LogP contribution in [-0.2, 0) is 7.05 Å². The Kier molecular flexibility index (Phi) is 3.65. The Morgan fingerprint density at radius 2 is 1.86 bits per heavy atom. The molecule has 29 heavy (non-hydrogen) atoms. The summed E-state index contributed by atoms with van der Waals surface area (Å²) in [5.74, 6) is 2.75. The Morgan fingerprint density at radius 1 is 1.07 bits per heavy atom. The van der Waals surface area contributed by atoms with Gasteiger partial charge in [-0.1, -0.05) is 25.0 Å². The topological polar surface area (TPSA) is 13.1 Å². The zero-order chi connectivity index (χ0) is 19.9. The van der Waals surface area contributed by atoms with Crippen molar-refractivity contribution < 1.29 is 9.30 Å². The molecule has 146 valence electrons. The van der Waals surface area contributed by atoms with Gasteiger partial charge in [0.15, 0.2) is 0 Å². The molecule has 2 aromatic heterocycles. The maximum absolute atomic E-state index is 6.81. The van der Waals surface area contributed by atoms with E-state index >= 15 is 0 Å². The van der Waals surface area contributed by atoms with Crippen LogP contribution in [-0.4, -0.2) is 0 Å². The molecule has 3 heterocycles. The van der Waals surface area contributed by atoms with E-state index in [1.54, 1.807) is 0 Å². The van der Waals surface area contributed by atoms with Gasteiger partial charge in [0.25, 0.3) is 5.69 Å². The number of aryl methyl sites for hydroxylation is 3. The molecular weight excluding hydrogens is 374 g/mol. The highest BCUT2D eigenvalue weighted by atomic mass is 32.1. The minimum atomic E-state index is 0.609. The van der Waals surface area contributed by atoms with Crippen molar-refractivity contribution >= 4 is 32.3 Å². The fraction of sp³-hybridized carbons (Fsp3) is 0.346. The van der Waals surface area contributed by atoms with Gasteiger partial charge in [0.1, 0.15) is 17.5 Å². The van der Waals surface area contributed by atoms with Gasteiger partial charge in [-0.25, -0.2) is 0 Å². The van der Waals surface area contributed by atoms with Crippen molar-refractivity contribution in [3.63, 3.8) is 0 Å². The predicted molar refractivity (Wildman–Crippen MR) is 121 cm³/mol. The van der Waals surface area contributed by atoms with Crippen LogP contribution in [0.1, 0.15) is 53.9 Å². The van der Waals surface area contributed by atoms with Crippen LogP contribution in [0.15, 0.2) is 29.6 Å². The van der Waals surface area contributed by atoms with Crippen molar-refractivity contribution in [3.8, 4) is 22.8 Å². The molecule has 2 aromatic carbocycles. The lowest BCUT2D eigenvalue weighted by Gasteiger charge is -2.26. The second kappa shape index (κ2) is 6.06. The third-order valence-corrected chi connectivity index (χ3v) is 8.06. The summed E-state index contributed by atoms with van der Waals surface area (Å²) in [6.07, 6.45) is 5.21. The second-order valence-corrected chi connectivity index (χ2v) is 9.84. The molecule has 0 amide bonds. The molecule has 6 rings (SSSR count). The molecule has 1 aliphatic heterocycles. The van der Waals surface area contributed by atoms with E-state index in [2.05, 4.69) is 62.0 Å². The van der Waals surface area contributed by atoms with Crippen molar-refractivity contribution in [2.75, 3.05) is 0 Å².